The van der Waals surface area contributed by atoms with Gasteiger partial charge in [-0.15, -0.1) is 0 Å². The van der Waals surface area contributed by atoms with Gasteiger partial charge in [0.15, 0.2) is 0 Å². The first-order chi connectivity index (χ1) is 9.56. The summed E-state index contributed by atoms with van der Waals surface area (Å²) in [6, 6.07) is 11.3. The van der Waals surface area contributed by atoms with Crippen LogP contribution in [0.4, 0.5) is 14.5 Å². The molecule has 106 valence electrons. The highest BCUT2D eigenvalue weighted by Crippen LogP contribution is 2.27. The molecule has 0 saturated carbocycles. The maximum absolute atomic E-state index is 12.3. The fourth-order valence-corrected chi connectivity index (χ4v) is 1.83. The number of nitrogens with two attached hydrogens (primary N) is 1. The minimum atomic E-state index is -2.91. The molecule has 3 nitrogen and oxygen atoms in total. The van der Waals surface area contributed by atoms with E-state index in [1.54, 1.807) is 24.3 Å². The van der Waals surface area contributed by atoms with E-state index in [2.05, 4.69) is 4.74 Å². The van der Waals surface area contributed by atoms with E-state index in [0.717, 1.165) is 0 Å². The molecular formula is C14H12ClF2NO2. The topological polar surface area (TPSA) is 44.5 Å². The summed E-state index contributed by atoms with van der Waals surface area (Å²) in [5.41, 5.74) is 6.61. The molecule has 2 N–H and O–H groups in total. The highest BCUT2D eigenvalue weighted by Gasteiger charge is 2.11. The molecule has 0 aliphatic carbocycles. The van der Waals surface area contributed by atoms with Crippen LogP contribution in [0.3, 0.4) is 0 Å². The molecule has 0 aliphatic heterocycles. The summed E-state index contributed by atoms with van der Waals surface area (Å²) in [7, 11) is 0. The van der Waals surface area contributed by atoms with E-state index in [1.165, 1.54) is 18.2 Å². The second-order valence-corrected chi connectivity index (χ2v) is 4.39. The third kappa shape index (κ3) is 3.74. The second kappa shape index (κ2) is 6.43. The largest absolute Gasteiger partial charge is 0.487 e. The third-order valence-corrected chi connectivity index (χ3v) is 2.78. The van der Waals surface area contributed by atoms with Gasteiger partial charge in [0, 0.05) is 10.6 Å². The van der Waals surface area contributed by atoms with Gasteiger partial charge in [0.05, 0.1) is 5.69 Å². The fraction of sp³-hybridized carbons (Fsp3) is 0.143. The van der Waals surface area contributed by atoms with Gasteiger partial charge < -0.3 is 15.2 Å². The standard InChI is InChI=1S/C14H12ClF2NO2/c15-10-5-6-12(20-14(16)17)9(7-10)8-19-13-4-2-1-3-11(13)18/h1-7,14H,8,18H2. The van der Waals surface area contributed by atoms with E-state index < -0.39 is 6.61 Å². The Hall–Kier alpha value is -2.01. The lowest BCUT2D eigenvalue weighted by Gasteiger charge is -2.13. The van der Waals surface area contributed by atoms with Crippen molar-refractivity contribution >= 4 is 17.3 Å². The van der Waals surface area contributed by atoms with Crippen molar-refractivity contribution in [2.45, 2.75) is 13.2 Å². The van der Waals surface area contributed by atoms with Crippen molar-refractivity contribution in [3.05, 3.63) is 53.1 Å². The molecular weight excluding hydrogens is 288 g/mol. The zero-order valence-corrected chi connectivity index (χ0v) is 11.1. The van der Waals surface area contributed by atoms with Gasteiger partial charge in [0.2, 0.25) is 0 Å². The summed E-state index contributed by atoms with van der Waals surface area (Å²) in [6.07, 6.45) is 0. The molecule has 0 atom stereocenters. The van der Waals surface area contributed by atoms with Gasteiger partial charge in [-0.3, -0.25) is 0 Å². The molecule has 20 heavy (non-hydrogen) atoms. The van der Waals surface area contributed by atoms with Gasteiger partial charge in [-0.25, -0.2) is 0 Å². The predicted octanol–water partition coefficient (Wildman–Crippen LogP) is 4.10. The van der Waals surface area contributed by atoms with Crippen molar-refractivity contribution in [2.75, 3.05) is 5.73 Å². The van der Waals surface area contributed by atoms with E-state index in [4.69, 9.17) is 22.1 Å². The van der Waals surface area contributed by atoms with Gasteiger partial charge >= 0.3 is 6.61 Å². The normalized spacial score (nSPS) is 10.6. The monoisotopic (exact) mass is 299 g/mol. The molecule has 2 rings (SSSR count). The minimum absolute atomic E-state index is 0.0246. The van der Waals surface area contributed by atoms with Gasteiger partial charge in [0.25, 0.3) is 0 Å². The van der Waals surface area contributed by atoms with Gasteiger partial charge in [-0.2, -0.15) is 8.78 Å². The summed E-state index contributed by atoms with van der Waals surface area (Å²) < 4.78 is 34.5. The Labute approximate surface area is 119 Å². The minimum Gasteiger partial charge on any atom is -0.487 e. The molecule has 0 aromatic heterocycles. The lowest BCUT2D eigenvalue weighted by atomic mass is 10.2. The van der Waals surface area contributed by atoms with E-state index >= 15 is 0 Å². The number of anilines is 1. The molecule has 0 bridgehead atoms. The van der Waals surface area contributed by atoms with Crippen LogP contribution in [0.25, 0.3) is 0 Å². The number of benzene rings is 2. The van der Waals surface area contributed by atoms with Crippen molar-refractivity contribution in [3.63, 3.8) is 0 Å². The summed E-state index contributed by atoms with van der Waals surface area (Å²) in [5, 5.41) is 0.409. The molecule has 0 aliphatic rings. The molecule has 0 fully saturated rings. The van der Waals surface area contributed by atoms with Crippen LogP contribution in [0.5, 0.6) is 11.5 Å². The van der Waals surface area contributed by atoms with Crippen LogP contribution < -0.4 is 15.2 Å². The molecule has 6 heteroatoms. The van der Waals surface area contributed by atoms with Crippen LogP contribution in [0.2, 0.25) is 5.02 Å². The van der Waals surface area contributed by atoms with E-state index in [-0.39, 0.29) is 12.4 Å². The molecule has 0 amide bonds. The van der Waals surface area contributed by atoms with Gasteiger partial charge in [-0.05, 0) is 30.3 Å². The van der Waals surface area contributed by atoms with Crippen molar-refractivity contribution in [3.8, 4) is 11.5 Å². The molecule has 2 aromatic carbocycles. The third-order valence-electron chi connectivity index (χ3n) is 2.54. The highest BCUT2D eigenvalue weighted by atomic mass is 35.5. The maximum atomic E-state index is 12.3. The van der Waals surface area contributed by atoms with Crippen molar-refractivity contribution < 1.29 is 18.3 Å². The zero-order chi connectivity index (χ0) is 14.5. The Morgan fingerprint density at radius 2 is 1.85 bits per heavy atom. The van der Waals surface area contributed by atoms with Gasteiger partial charge in [0.1, 0.15) is 18.1 Å². The number of ether oxygens (including phenoxy) is 2. The van der Waals surface area contributed by atoms with Crippen LogP contribution in [-0.4, -0.2) is 6.61 Å². The number of rotatable bonds is 5. The summed E-state index contributed by atoms with van der Waals surface area (Å²) >= 11 is 5.84. The number of halogens is 3. The number of nitrogen functional groups attached to an aromatic ring is 1. The SMILES string of the molecule is Nc1ccccc1OCc1cc(Cl)ccc1OC(F)F. The zero-order valence-electron chi connectivity index (χ0n) is 10.4. The summed E-state index contributed by atoms with van der Waals surface area (Å²) in [4.78, 5) is 0. The molecule has 0 saturated heterocycles. The number of hydrogen-bond donors (Lipinski definition) is 1. The summed E-state index contributed by atoms with van der Waals surface area (Å²) in [5.74, 6) is 0.495. The lowest BCUT2D eigenvalue weighted by molar-refractivity contribution is -0.0508. The molecule has 0 heterocycles. The average Bonchev–Trinajstić information content (AvgIpc) is 2.40. The Balaban J connectivity index is 2.16. The Kier molecular flexibility index (Phi) is 4.63. The number of para-hydroxylation sites is 2. The first-order valence-electron chi connectivity index (χ1n) is 5.77. The van der Waals surface area contributed by atoms with Crippen LogP contribution in [0, 0.1) is 0 Å². The Morgan fingerprint density at radius 1 is 1.10 bits per heavy atom. The number of alkyl halides is 2. The predicted molar refractivity (Wildman–Crippen MR) is 73.3 cm³/mol. The number of hydrogen-bond acceptors (Lipinski definition) is 3. The van der Waals surface area contributed by atoms with Crippen LogP contribution >= 0.6 is 11.6 Å². The lowest BCUT2D eigenvalue weighted by Crippen LogP contribution is -2.06. The first kappa shape index (κ1) is 14.4. The molecule has 2 aromatic rings. The first-order valence-corrected chi connectivity index (χ1v) is 6.14. The summed E-state index contributed by atoms with van der Waals surface area (Å²) in [6.45, 7) is -2.88. The van der Waals surface area contributed by atoms with E-state index in [9.17, 15) is 8.78 Å². The van der Waals surface area contributed by atoms with E-state index in [1.807, 2.05) is 0 Å². The highest BCUT2D eigenvalue weighted by molar-refractivity contribution is 6.30. The van der Waals surface area contributed by atoms with Gasteiger partial charge in [-0.1, -0.05) is 23.7 Å². The van der Waals surface area contributed by atoms with Crippen molar-refractivity contribution in [1.29, 1.82) is 0 Å². The second-order valence-electron chi connectivity index (χ2n) is 3.96. The average molecular weight is 300 g/mol. The van der Waals surface area contributed by atoms with Crippen LogP contribution in [0.15, 0.2) is 42.5 Å². The molecule has 0 unspecified atom stereocenters. The van der Waals surface area contributed by atoms with Crippen molar-refractivity contribution in [2.24, 2.45) is 0 Å². The smallest absolute Gasteiger partial charge is 0.387 e. The van der Waals surface area contributed by atoms with Crippen molar-refractivity contribution in [1.82, 2.24) is 0 Å². The molecule has 0 radical (unpaired) electrons. The van der Waals surface area contributed by atoms with E-state index in [0.29, 0.717) is 22.0 Å². The van der Waals surface area contributed by atoms with Crippen LogP contribution in [0.1, 0.15) is 5.56 Å². The van der Waals surface area contributed by atoms with Crippen LogP contribution in [-0.2, 0) is 6.61 Å². The Morgan fingerprint density at radius 3 is 2.55 bits per heavy atom. The Bertz CT molecular complexity index is 593. The molecule has 0 spiro atoms. The maximum Gasteiger partial charge on any atom is 0.387 e. The fourth-order valence-electron chi connectivity index (χ4n) is 1.64. The quantitative estimate of drug-likeness (QED) is 0.845.